The molecule has 0 radical (unpaired) electrons. The lowest BCUT2D eigenvalue weighted by Crippen LogP contribution is -2.32. The van der Waals surface area contributed by atoms with Crippen molar-refractivity contribution in [2.75, 3.05) is 16.9 Å². The molecule has 5 nitrogen and oxygen atoms in total. The molecular weight excluding hydrogens is 202 g/mol. The zero-order chi connectivity index (χ0) is 12.1. The average molecular weight is 223 g/mol. The van der Waals surface area contributed by atoms with Crippen LogP contribution in [-0.2, 0) is 0 Å². The lowest BCUT2D eigenvalue weighted by Gasteiger charge is -2.27. The zero-order valence-electron chi connectivity index (χ0n) is 10.5. The number of hydrazine groups is 1. The maximum atomic E-state index is 5.34. The van der Waals surface area contributed by atoms with Crippen LogP contribution in [0.4, 0.5) is 11.8 Å². The highest BCUT2D eigenvalue weighted by molar-refractivity contribution is 5.45. The fourth-order valence-electron chi connectivity index (χ4n) is 1.64. The first-order valence-electron chi connectivity index (χ1n) is 5.67. The molecule has 0 aromatic carbocycles. The third-order valence-corrected chi connectivity index (χ3v) is 2.35. The van der Waals surface area contributed by atoms with Crippen LogP contribution in [0.15, 0.2) is 6.07 Å². The molecule has 0 aliphatic rings. The van der Waals surface area contributed by atoms with Gasteiger partial charge in [-0.3, -0.25) is 5.43 Å². The summed E-state index contributed by atoms with van der Waals surface area (Å²) in [6.45, 7) is 9.39. The van der Waals surface area contributed by atoms with E-state index in [1.165, 1.54) is 0 Å². The van der Waals surface area contributed by atoms with Gasteiger partial charge in [-0.1, -0.05) is 6.92 Å². The molecule has 1 rings (SSSR count). The summed E-state index contributed by atoms with van der Waals surface area (Å²) in [5.74, 6) is 6.74. The van der Waals surface area contributed by atoms with E-state index in [1.807, 2.05) is 13.0 Å². The van der Waals surface area contributed by atoms with Crippen LogP contribution in [0.5, 0.6) is 0 Å². The van der Waals surface area contributed by atoms with E-state index < -0.39 is 0 Å². The first-order chi connectivity index (χ1) is 7.58. The molecule has 90 valence electrons. The van der Waals surface area contributed by atoms with Crippen molar-refractivity contribution < 1.29 is 0 Å². The molecule has 5 heteroatoms. The molecule has 0 spiro atoms. The summed E-state index contributed by atoms with van der Waals surface area (Å²) < 4.78 is 0. The Hall–Kier alpha value is -1.36. The number of aryl methyl sites for hydroxylation is 1. The van der Waals surface area contributed by atoms with Crippen molar-refractivity contribution in [3.63, 3.8) is 0 Å². The third-order valence-electron chi connectivity index (χ3n) is 2.35. The molecule has 0 bridgehead atoms. The number of aromatic nitrogens is 2. The number of rotatable bonds is 5. The predicted molar refractivity (Wildman–Crippen MR) is 67.4 cm³/mol. The van der Waals surface area contributed by atoms with Crippen LogP contribution >= 0.6 is 0 Å². The van der Waals surface area contributed by atoms with Crippen LogP contribution in [0.2, 0.25) is 0 Å². The smallest absolute Gasteiger partial charge is 0.239 e. The van der Waals surface area contributed by atoms with Gasteiger partial charge < -0.3 is 4.90 Å². The second-order valence-electron chi connectivity index (χ2n) is 4.12. The van der Waals surface area contributed by atoms with Gasteiger partial charge in [0.1, 0.15) is 5.82 Å². The maximum Gasteiger partial charge on any atom is 0.239 e. The van der Waals surface area contributed by atoms with Gasteiger partial charge in [-0.2, -0.15) is 4.98 Å². The Morgan fingerprint density at radius 2 is 2.12 bits per heavy atom. The summed E-state index contributed by atoms with van der Waals surface area (Å²) in [6, 6.07) is 2.40. The van der Waals surface area contributed by atoms with Crippen molar-refractivity contribution in [3.05, 3.63) is 11.8 Å². The summed E-state index contributed by atoms with van der Waals surface area (Å²) in [5.41, 5.74) is 3.41. The summed E-state index contributed by atoms with van der Waals surface area (Å²) in [6.07, 6.45) is 1.09. The Kier molecular flexibility index (Phi) is 4.49. The van der Waals surface area contributed by atoms with Crippen molar-refractivity contribution in [2.45, 2.75) is 40.2 Å². The third kappa shape index (κ3) is 3.06. The first-order valence-corrected chi connectivity index (χ1v) is 5.67. The molecular formula is C11H21N5. The average Bonchev–Trinajstić information content (AvgIpc) is 2.24. The number of nitrogen functional groups attached to an aromatic ring is 1. The summed E-state index contributed by atoms with van der Waals surface area (Å²) >= 11 is 0. The Bertz CT molecular complexity index is 337. The fourth-order valence-corrected chi connectivity index (χ4v) is 1.64. The van der Waals surface area contributed by atoms with Crippen molar-refractivity contribution >= 4 is 11.8 Å². The van der Waals surface area contributed by atoms with Gasteiger partial charge >= 0.3 is 0 Å². The Morgan fingerprint density at radius 1 is 1.44 bits per heavy atom. The van der Waals surface area contributed by atoms with Crippen molar-refractivity contribution in [3.8, 4) is 0 Å². The Labute approximate surface area is 97.0 Å². The van der Waals surface area contributed by atoms with Crippen molar-refractivity contribution in [1.82, 2.24) is 9.97 Å². The van der Waals surface area contributed by atoms with E-state index in [1.54, 1.807) is 0 Å². The Morgan fingerprint density at radius 3 is 2.62 bits per heavy atom. The standard InChI is InChI=1S/C11H21N5/c1-5-6-16(8(2)3)10-7-9(4)13-11(14-10)15-12/h7-8H,5-6,12H2,1-4H3,(H,13,14,15). The molecule has 0 saturated heterocycles. The van der Waals surface area contributed by atoms with E-state index in [0.717, 1.165) is 24.5 Å². The molecule has 1 aromatic rings. The van der Waals surface area contributed by atoms with E-state index in [2.05, 4.69) is 41.1 Å². The lowest BCUT2D eigenvalue weighted by atomic mass is 10.2. The number of hydrogen-bond acceptors (Lipinski definition) is 5. The van der Waals surface area contributed by atoms with E-state index in [-0.39, 0.29) is 0 Å². The minimum absolute atomic E-state index is 0.417. The van der Waals surface area contributed by atoms with Crippen LogP contribution < -0.4 is 16.2 Å². The number of nitrogens with zero attached hydrogens (tertiary/aromatic N) is 3. The monoisotopic (exact) mass is 223 g/mol. The first kappa shape index (κ1) is 12.7. The second kappa shape index (κ2) is 5.65. The highest BCUT2D eigenvalue weighted by Gasteiger charge is 2.12. The molecule has 1 heterocycles. The molecule has 16 heavy (non-hydrogen) atoms. The lowest BCUT2D eigenvalue weighted by molar-refractivity contribution is 0.661. The van der Waals surface area contributed by atoms with Crippen LogP contribution in [0.25, 0.3) is 0 Å². The van der Waals surface area contributed by atoms with Crippen LogP contribution in [0, 0.1) is 6.92 Å². The highest BCUT2D eigenvalue weighted by atomic mass is 15.3. The van der Waals surface area contributed by atoms with Gasteiger partial charge in [0, 0.05) is 24.3 Å². The highest BCUT2D eigenvalue weighted by Crippen LogP contribution is 2.17. The molecule has 1 aromatic heterocycles. The van der Waals surface area contributed by atoms with Gasteiger partial charge in [0.05, 0.1) is 0 Å². The molecule has 0 saturated carbocycles. The molecule has 0 atom stereocenters. The van der Waals surface area contributed by atoms with E-state index in [9.17, 15) is 0 Å². The van der Waals surface area contributed by atoms with Crippen molar-refractivity contribution in [1.29, 1.82) is 0 Å². The molecule has 0 aliphatic heterocycles. The SMILES string of the molecule is CCCN(c1cc(C)nc(NN)n1)C(C)C. The topological polar surface area (TPSA) is 67.1 Å². The number of hydrogen-bond donors (Lipinski definition) is 2. The minimum Gasteiger partial charge on any atom is -0.354 e. The molecule has 0 unspecified atom stereocenters. The van der Waals surface area contributed by atoms with Gasteiger partial charge in [-0.05, 0) is 27.2 Å². The van der Waals surface area contributed by atoms with E-state index in [4.69, 9.17) is 5.84 Å². The largest absolute Gasteiger partial charge is 0.354 e. The van der Waals surface area contributed by atoms with Gasteiger partial charge in [0.15, 0.2) is 0 Å². The normalized spacial score (nSPS) is 10.6. The van der Waals surface area contributed by atoms with Gasteiger partial charge in [0.25, 0.3) is 0 Å². The van der Waals surface area contributed by atoms with Crippen LogP contribution in [0.3, 0.4) is 0 Å². The van der Waals surface area contributed by atoms with Crippen LogP contribution in [0.1, 0.15) is 32.9 Å². The zero-order valence-corrected chi connectivity index (χ0v) is 10.5. The van der Waals surface area contributed by atoms with Gasteiger partial charge in [0.2, 0.25) is 5.95 Å². The summed E-state index contributed by atoms with van der Waals surface area (Å²) in [7, 11) is 0. The summed E-state index contributed by atoms with van der Waals surface area (Å²) in [4.78, 5) is 10.8. The molecule has 0 amide bonds. The van der Waals surface area contributed by atoms with E-state index in [0.29, 0.717) is 12.0 Å². The number of nitrogens with one attached hydrogen (secondary N) is 1. The molecule has 3 N–H and O–H groups in total. The second-order valence-corrected chi connectivity index (χ2v) is 4.12. The van der Waals surface area contributed by atoms with Gasteiger partial charge in [-0.15, -0.1) is 0 Å². The number of nitrogens with two attached hydrogens (primary N) is 1. The summed E-state index contributed by atoms with van der Waals surface area (Å²) in [5, 5.41) is 0. The van der Waals surface area contributed by atoms with Crippen LogP contribution in [-0.4, -0.2) is 22.6 Å². The molecule has 0 fully saturated rings. The quantitative estimate of drug-likeness (QED) is 0.587. The minimum atomic E-state index is 0.417. The predicted octanol–water partition coefficient (Wildman–Crippen LogP) is 1.70. The Balaban J connectivity index is 3.03. The van der Waals surface area contributed by atoms with Crippen molar-refractivity contribution in [2.24, 2.45) is 5.84 Å². The van der Waals surface area contributed by atoms with E-state index >= 15 is 0 Å². The molecule has 0 aliphatic carbocycles. The maximum absolute atomic E-state index is 5.34. The number of anilines is 2. The van der Waals surface area contributed by atoms with Gasteiger partial charge in [-0.25, -0.2) is 10.8 Å². The fraction of sp³-hybridized carbons (Fsp3) is 0.636.